The van der Waals surface area contributed by atoms with E-state index < -0.39 is 33.3 Å². The maximum Gasteiger partial charge on any atom is 0.224 e. The number of nitrogens with two attached hydrogens (primary N) is 1. The first-order chi connectivity index (χ1) is 8.29. The molecule has 0 heterocycles. The summed E-state index contributed by atoms with van der Waals surface area (Å²) < 4.78 is 47.2. The van der Waals surface area contributed by atoms with Crippen molar-refractivity contribution in [2.45, 2.75) is 6.42 Å². The van der Waals surface area contributed by atoms with Crippen LogP contribution in [0.25, 0.3) is 0 Å². The van der Waals surface area contributed by atoms with Crippen molar-refractivity contribution in [2.24, 2.45) is 5.14 Å². The van der Waals surface area contributed by atoms with Crippen molar-refractivity contribution in [3.63, 3.8) is 0 Å². The Balaban J connectivity index is 2.53. The summed E-state index contributed by atoms with van der Waals surface area (Å²) in [6.07, 6.45) is -0.367. The summed E-state index contributed by atoms with van der Waals surface area (Å²) >= 11 is 0. The molecule has 0 saturated heterocycles. The molecule has 0 aliphatic rings. The summed E-state index contributed by atoms with van der Waals surface area (Å²) in [5.74, 6) is -3.14. The molecule has 0 fully saturated rings. The molecule has 1 aromatic carbocycles. The molecule has 1 aromatic rings. The number of hydrogen-bond acceptors (Lipinski definition) is 3. The van der Waals surface area contributed by atoms with Gasteiger partial charge in [0.05, 0.1) is 12.2 Å². The van der Waals surface area contributed by atoms with Gasteiger partial charge in [0.25, 0.3) is 0 Å². The van der Waals surface area contributed by atoms with Crippen LogP contribution in [-0.2, 0) is 21.2 Å². The van der Waals surface area contributed by atoms with E-state index in [0.717, 1.165) is 6.07 Å². The molecule has 0 saturated carbocycles. The van der Waals surface area contributed by atoms with Crippen LogP contribution >= 0.6 is 0 Å². The van der Waals surface area contributed by atoms with Crippen molar-refractivity contribution in [3.05, 3.63) is 35.4 Å². The minimum Gasteiger partial charge on any atom is -0.355 e. The Labute approximate surface area is 103 Å². The fourth-order valence-corrected chi connectivity index (χ4v) is 1.64. The van der Waals surface area contributed by atoms with Gasteiger partial charge >= 0.3 is 0 Å². The molecule has 0 aliphatic carbocycles. The maximum absolute atomic E-state index is 13.2. The second-order valence-electron chi connectivity index (χ2n) is 3.61. The quantitative estimate of drug-likeness (QED) is 0.789. The molecule has 100 valence electrons. The molecule has 0 aliphatic heterocycles. The molecule has 1 rings (SSSR count). The number of carbonyl (C=O) groups is 1. The highest BCUT2D eigenvalue weighted by molar-refractivity contribution is 7.89. The largest absolute Gasteiger partial charge is 0.355 e. The van der Waals surface area contributed by atoms with Crippen molar-refractivity contribution in [2.75, 3.05) is 12.3 Å². The topological polar surface area (TPSA) is 89.3 Å². The SMILES string of the molecule is NS(=O)(=O)CCNC(=O)Cc1cccc(F)c1F. The Morgan fingerprint density at radius 3 is 2.61 bits per heavy atom. The molecular weight excluding hydrogens is 266 g/mol. The van der Waals surface area contributed by atoms with Gasteiger partial charge in [0, 0.05) is 12.1 Å². The molecule has 8 heteroatoms. The zero-order chi connectivity index (χ0) is 13.8. The summed E-state index contributed by atoms with van der Waals surface area (Å²) in [5.41, 5.74) is -0.0943. The Morgan fingerprint density at radius 1 is 1.33 bits per heavy atom. The fourth-order valence-electron chi connectivity index (χ4n) is 1.25. The number of hydrogen-bond donors (Lipinski definition) is 2. The monoisotopic (exact) mass is 278 g/mol. The van der Waals surface area contributed by atoms with Crippen molar-refractivity contribution in [3.8, 4) is 0 Å². The molecule has 3 N–H and O–H groups in total. The van der Waals surface area contributed by atoms with E-state index in [1.807, 2.05) is 0 Å². The Hall–Kier alpha value is -1.54. The third-order valence-corrected chi connectivity index (χ3v) is 2.86. The highest BCUT2D eigenvalue weighted by atomic mass is 32.2. The van der Waals surface area contributed by atoms with Gasteiger partial charge in [-0.25, -0.2) is 22.3 Å². The van der Waals surface area contributed by atoms with E-state index in [0.29, 0.717) is 0 Å². The lowest BCUT2D eigenvalue weighted by Crippen LogP contribution is -2.32. The van der Waals surface area contributed by atoms with Gasteiger partial charge in [-0.1, -0.05) is 12.1 Å². The number of primary sulfonamides is 1. The van der Waals surface area contributed by atoms with E-state index in [2.05, 4.69) is 5.32 Å². The highest BCUT2D eigenvalue weighted by Gasteiger charge is 2.12. The Kier molecular flexibility index (Phi) is 4.74. The molecule has 18 heavy (non-hydrogen) atoms. The van der Waals surface area contributed by atoms with Crippen molar-refractivity contribution in [1.82, 2.24) is 5.32 Å². The van der Waals surface area contributed by atoms with Crippen LogP contribution in [0.2, 0.25) is 0 Å². The first kappa shape index (κ1) is 14.5. The van der Waals surface area contributed by atoms with Crippen LogP contribution in [0, 0.1) is 11.6 Å². The summed E-state index contributed by atoms with van der Waals surface area (Å²) in [7, 11) is -3.66. The summed E-state index contributed by atoms with van der Waals surface area (Å²) in [5, 5.41) is 6.98. The molecular formula is C10H12F2N2O3S. The van der Waals surface area contributed by atoms with E-state index in [4.69, 9.17) is 5.14 Å². The summed E-state index contributed by atoms with van der Waals surface area (Å²) in [6.45, 7) is -0.172. The lowest BCUT2D eigenvalue weighted by molar-refractivity contribution is -0.120. The first-order valence-electron chi connectivity index (χ1n) is 4.99. The lowest BCUT2D eigenvalue weighted by Gasteiger charge is -2.05. The zero-order valence-corrected chi connectivity index (χ0v) is 10.1. The van der Waals surface area contributed by atoms with Gasteiger partial charge in [-0.2, -0.15) is 0 Å². The number of rotatable bonds is 5. The molecule has 0 atom stereocenters. The molecule has 0 aromatic heterocycles. The number of amides is 1. The van der Waals surface area contributed by atoms with E-state index in [-0.39, 0.29) is 18.5 Å². The van der Waals surface area contributed by atoms with Crippen molar-refractivity contribution < 1.29 is 22.0 Å². The van der Waals surface area contributed by atoms with Crippen LogP contribution in [0.1, 0.15) is 5.56 Å². The summed E-state index contributed by atoms with van der Waals surface area (Å²) in [6, 6.07) is 3.50. The third kappa shape index (κ3) is 4.76. The van der Waals surface area contributed by atoms with Gasteiger partial charge in [-0.05, 0) is 6.07 Å². The van der Waals surface area contributed by atoms with Gasteiger partial charge in [0.1, 0.15) is 0 Å². The first-order valence-corrected chi connectivity index (χ1v) is 6.71. The van der Waals surface area contributed by atoms with Crippen molar-refractivity contribution >= 4 is 15.9 Å². The molecule has 0 spiro atoms. The van der Waals surface area contributed by atoms with E-state index >= 15 is 0 Å². The molecule has 5 nitrogen and oxygen atoms in total. The third-order valence-electron chi connectivity index (χ3n) is 2.09. The van der Waals surface area contributed by atoms with Crippen LogP contribution < -0.4 is 10.5 Å². The van der Waals surface area contributed by atoms with Crippen LogP contribution in [0.15, 0.2) is 18.2 Å². The van der Waals surface area contributed by atoms with Gasteiger partial charge in [0.15, 0.2) is 11.6 Å². The average molecular weight is 278 g/mol. The summed E-state index contributed by atoms with van der Waals surface area (Å²) in [4.78, 5) is 11.3. The maximum atomic E-state index is 13.2. The fraction of sp³-hybridized carbons (Fsp3) is 0.300. The van der Waals surface area contributed by atoms with E-state index in [1.165, 1.54) is 12.1 Å². The Morgan fingerprint density at radius 2 is 2.00 bits per heavy atom. The molecule has 0 bridgehead atoms. The Bertz CT molecular complexity index is 546. The normalized spacial score (nSPS) is 11.3. The smallest absolute Gasteiger partial charge is 0.224 e. The lowest BCUT2D eigenvalue weighted by atomic mass is 10.1. The number of benzene rings is 1. The van der Waals surface area contributed by atoms with Gasteiger partial charge in [0.2, 0.25) is 15.9 Å². The number of nitrogens with one attached hydrogen (secondary N) is 1. The molecule has 0 unspecified atom stereocenters. The van der Waals surface area contributed by atoms with Crippen LogP contribution in [0.4, 0.5) is 8.78 Å². The van der Waals surface area contributed by atoms with Gasteiger partial charge in [-0.15, -0.1) is 0 Å². The van der Waals surface area contributed by atoms with Crippen LogP contribution in [0.3, 0.4) is 0 Å². The number of sulfonamides is 1. The van der Waals surface area contributed by atoms with Gasteiger partial charge in [-0.3, -0.25) is 4.79 Å². The number of carbonyl (C=O) groups excluding carboxylic acids is 1. The predicted octanol–water partition coefficient (Wildman–Crippen LogP) is -0.0880. The standard InChI is InChI=1S/C10H12F2N2O3S/c11-8-3-1-2-7(10(8)12)6-9(15)14-4-5-18(13,16)17/h1-3H,4-6H2,(H,14,15)(H2,13,16,17). The zero-order valence-electron chi connectivity index (χ0n) is 9.32. The minimum absolute atomic E-state index is 0.0943. The van der Waals surface area contributed by atoms with E-state index in [1.54, 1.807) is 0 Å². The molecule has 1 amide bonds. The second-order valence-corrected chi connectivity index (χ2v) is 5.34. The highest BCUT2D eigenvalue weighted by Crippen LogP contribution is 2.11. The predicted molar refractivity (Wildman–Crippen MR) is 61.0 cm³/mol. The van der Waals surface area contributed by atoms with Gasteiger partial charge < -0.3 is 5.32 Å². The van der Waals surface area contributed by atoms with Crippen LogP contribution in [0.5, 0.6) is 0 Å². The minimum atomic E-state index is -3.66. The molecule has 0 radical (unpaired) electrons. The van der Waals surface area contributed by atoms with Crippen LogP contribution in [-0.4, -0.2) is 26.6 Å². The average Bonchev–Trinajstić information content (AvgIpc) is 2.23. The second kappa shape index (κ2) is 5.87. The van der Waals surface area contributed by atoms with Crippen molar-refractivity contribution in [1.29, 1.82) is 0 Å². The number of halogens is 2. The van der Waals surface area contributed by atoms with E-state index in [9.17, 15) is 22.0 Å².